The van der Waals surface area contributed by atoms with Gasteiger partial charge in [0.1, 0.15) is 5.82 Å². The molecule has 1 atom stereocenters. The fourth-order valence-corrected chi connectivity index (χ4v) is 2.37. The minimum absolute atomic E-state index is 0.164. The van der Waals surface area contributed by atoms with Crippen LogP contribution in [0.1, 0.15) is 17.3 Å². The number of benzene rings is 2. The number of aromatic nitrogens is 1. The topological polar surface area (TPSA) is 24.9 Å². The van der Waals surface area contributed by atoms with E-state index in [4.69, 9.17) is 11.6 Å². The highest BCUT2D eigenvalue weighted by atomic mass is 35.5. The van der Waals surface area contributed by atoms with E-state index in [1.165, 1.54) is 12.1 Å². The maximum atomic E-state index is 13.2. The smallest absolute Gasteiger partial charge is 0.123 e. The summed E-state index contributed by atoms with van der Waals surface area (Å²) in [5, 5.41) is 4.10. The molecule has 0 aliphatic heterocycles. The Morgan fingerprint density at radius 1 is 0.909 bits per heavy atom. The zero-order valence-corrected chi connectivity index (χ0v) is 12.5. The molecule has 0 aliphatic rings. The lowest BCUT2D eigenvalue weighted by Crippen LogP contribution is -2.13. The van der Waals surface area contributed by atoms with Gasteiger partial charge in [-0.3, -0.25) is 4.98 Å². The van der Waals surface area contributed by atoms with Crippen LogP contribution in [0.15, 0.2) is 72.9 Å². The van der Waals surface area contributed by atoms with Crippen LogP contribution in [-0.2, 0) is 0 Å². The van der Waals surface area contributed by atoms with E-state index in [-0.39, 0.29) is 11.9 Å². The van der Waals surface area contributed by atoms with Crippen molar-refractivity contribution in [3.8, 4) is 0 Å². The van der Waals surface area contributed by atoms with E-state index in [0.29, 0.717) is 5.02 Å². The normalized spacial score (nSPS) is 11.9. The highest BCUT2D eigenvalue weighted by Gasteiger charge is 2.15. The molecule has 0 saturated heterocycles. The molecule has 0 radical (unpaired) electrons. The first-order valence-electron chi connectivity index (χ1n) is 6.91. The molecule has 1 N–H and O–H groups in total. The first-order chi connectivity index (χ1) is 10.7. The van der Waals surface area contributed by atoms with Crippen LogP contribution in [0.25, 0.3) is 0 Å². The molecular weight excluding hydrogens is 299 g/mol. The van der Waals surface area contributed by atoms with E-state index in [2.05, 4.69) is 10.3 Å². The number of anilines is 1. The Morgan fingerprint density at radius 3 is 2.27 bits per heavy atom. The van der Waals surface area contributed by atoms with E-state index >= 15 is 0 Å². The number of nitrogens with one attached hydrogen (secondary N) is 1. The van der Waals surface area contributed by atoms with Crippen LogP contribution >= 0.6 is 11.6 Å². The van der Waals surface area contributed by atoms with Gasteiger partial charge in [-0.15, -0.1) is 0 Å². The summed E-state index contributed by atoms with van der Waals surface area (Å²) < 4.78 is 13.2. The van der Waals surface area contributed by atoms with Crippen molar-refractivity contribution in [2.24, 2.45) is 0 Å². The Morgan fingerprint density at radius 2 is 1.64 bits per heavy atom. The predicted octanol–water partition coefficient (Wildman–Crippen LogP) is 5.08. The van der Waals surface area contributed by atoms with Crippen molar-refractivity contribution in [2.75, 3.05) is 5.32 Å². The van der Waals surface area contributed by atoms with Crippen molar-refractivity contribution in [2.45, 2.75) is 6.04 Å². The molecule has 4 heteroatoms. The molecule has 1 unspecified atom stereocenters. The molecular formula is C18H14ClFN2. The maximum Gasteiger partial charge on any atom is 0.123 e. The third kappa shape index (κ3) is 3.43. The number of nitrogens with zero attached hydrogens (tertiary/aromatic N) is 1. The molecule has 0 amide bonds. The highest BCUT2D eigenvalue weighted by molar-refractivity contribution is 6.30. The largest absolute Gasteiger partial charge is 0.373 e. The van der Waals surface area contributed by atoms with Crippen molar-refractivity contribution in [1.29, 1.82) is 0 Å². The number of hydrogen-bond donors (Lipinski definition) is 1. The molecule has 110 valence electrons. The Bertz CT molecular complexity index is 727. The zero-order chi connectivity index (χ0) is 15.4. The van der Waals surface area contributed by atoms with Gasteiger partial charge in [-0.1, -0.05) is 29.8 Å². The fourth-order valence-electron chi connectivity index (χ4n) is 2.24. The van der Waals surface area contributed by atoms with Crippen LogP contribution in [-0.4, -0.2) is 4.98 Å². The molecule has 2 aromatic carbocycles. The van der Waals surface area contributed by atoms with Crippen molar-refractivity contribution < 1.29 is 4.39 Å². The van der Waals surface area contributed by atoms with Crippen molar-refractivity contribution >= 4 is 17.3 Å². The number of pyridine rings is 1. The second-order valence-electron chi connectivity index (χ2n) is 4.89. The molecule has 0 spiro atoms. The van der Waals surface area contributed by atoms with E-state index in [1.54, 1.807) is 18.3 Å². The number of halogens is 2. The Hall–Kier alpha value is -2.39. The van der Waals surface area contributed by atoms with Gasteiger partial charge in [0.05, 0.1) is 11.7 Å². The predicted molar refractivity (Wildman–Crippen MR) is 87.6 cm³/mol. The monoisotopic (exact) mass is 312 g/mol. The van der Waals surface area contributed by atoms with Gasteiger partial charge in [0.2, 0.25) is 0 Å². The van der Waals surface area contributed by atoms with Gasteiger partial charge in [-0.05, 0) is 54.1 Å². The van der Waals surface area contributed by atoms with Gasteiger partial charge < -0.3 is 5.32 Å². The summed E-state index contributed by atoms with van der Waals surface area (Å²) in [6.07, 6.45) is 1.75. The molecule has 0 bridgehead atoms. The van der Waals surface area contributed by atoms with Crippen LogP contribution in [0.4, 0.5) is 10.1 Å². The van der Waals surface area contributed by atoms with Gasteiger partial charge in [-0.2, -0.15) is 0 Å². The highest BCUT2D eigenvalue weighted by Crippen LogP contribution is 2.26. The lowest BCUT2D eigenvalue weighted by atomic mass is 10.0. The molecule has 3 rings (SSSR count). The lowest BCUT2D eigenvalue weighted by molar-refractivity contribution is 0.626. The summed E-state index contributed by atoms with van der Waals surface area (Å²) in [5.41, 5.74) is 2.73. The average molecular weight is 313 g/mol. The van der Waals surface area contributed by atoms with Crippen molar-refractivity contribution in [3.63, 3.8) is 0 Å². The van der Waals surface area contributed by atoms with Crippen LogP contribution < -0.4 is 5.32 Å². The van der Waals surface area contributed by atoms with Crippen LogP contribution in [0.3, 0.4) is 0 Å². The van der Waals surface area contributed by atoms with E-state index in [1.807, 2.05) is 42.5 Å². The quantitative estimate of drug-likeness (QED) is 0.727. The number of rotatable bonds is 4. The Labute approximate surface area is 133 Å². The summed E-state index contributed by atoms with van der Waals surface area (Å²) in [4.78, 5) is 4.41. The lowest BCUT2D eigenvalue weighted by Gasteiger charge is -2.20. The third-order valence-corrected chi connectivity index (χ3v) is 3.59. The molecule has 3 aromatic rings. The van der Waals surface area contributed by atoms with Crippen LogP contribution in [0.5, 0.6) is 0 Å². The second kappa shape index (κ2) is 6.58. The van der Waals surface area contributed by atoms with Gasteiger partial charge in [0.15, 0.2) is 0 Å². The summed E-state index contributed by atoms with van der Waals surface area (Å²) in [5.74, 6) is -0.255. The summed E-state index contributed by atoms with van der Waals surface area (Å²) in [6, 6.07) is 19.5. The maximum absolute atomic E-state index is 13.2. The average Bonchev–Trinajstić information content (AvgIpc) is 2.56. The Balaban J connectivity index is 1.96. The first kappa shape index (κ1) is 14.5. The van der Waals surface area contributed by atoms with E-state index in [0.717, 1.165) is 16.9 Å². The third-order valence-electron chi connectivity index (χ3n) is 3.34. The van der Waals surface area contributed by atoms with Crippen molar-refractivity contribution in [1.82, 2.24) is 4.98 Å². The molecule has 1 aromatic heterocycles. The number of hydrogen-bond acceptors (Lipinski definition) is 2. The van der Waals surface area contributed by atoms with E-state index < -0.39 is 0 Å². The van der Waals surface area contributed by atoms with Crippen LogP contribution in [0.2, 0.25) is 5.02 Å². The Kier molecular flexibility index (Phi) is 4.35. The second-order valence-corrected chi connectivity index (χ2v) is 5.33. The molecule has 0 saturated carbocycles. The molecule has 2 nitrogen and oxygen atoms in total. The minimum atomic E-state index is -0.255. The van der Waals surface area contributed by atoms with E-state index in [9.17, 15) is 4.39 Å². The van der Waals surface area contributed by atoms with Crippen LogP contribution in [0, 0.1) is 5.82 Å². The van der Waals surface area contributed by atoms with Gasteiger partial charge in [0.25, 0.3) is 0 Å². The molecule has 0 fully saturated rings. The fraction of sp³-hybridized carbons (Fsp3) is 0.0556. The molecule has 0 aliphatic carbocycles. The van der Waals surface area contributed by atoms with Crippen molar-refractivity contribution in [3.05, 3.63) is 95.0 Å². The summed E-state index contributed by atoms with van der Waals surface area (Å²) in [7, 11) is 0. The minimum Gasteiger partial charge on any atom is -0.373 e. The summed E-state index contributed by atoms with van der Waals surface area (Å²) in [6.45, 7) is 0. The van der Waals surface area contributed by atoms with Gasteiger partial charge >= 0.3 is 0 Å². The molecule has 22 heavy (non-hydrogen) atoms. The van der Waals surface area contributed by atoms with Gasteiger partial charge in [0, 0.05) is 16.9 Å². The van der Waals surface area contributed by atoms with Gasteiger partial charge in [-0.25, -0.2) is 4.39 Å². The zero-order valence-electron chi connectivity index (χ0n) is 11.7. The standard InChI is InChI=1S/C18H14ClFN2/c19-14-6-10-16(11-7-14)22-18(17-3-1-2-12-21-17)13-4-8-15(20)9-5-13/h1-12,18,22H. The first-order valence-corrected chi connectivity index (χ1v) is 7.29. The summed E-state index contributed by atoms with van der Waals surface area (Å²) >= 11 is 5.92. The SMILES string of the molecule is Fc1ccc(C(Nc2ccc(Cl)cc2)c2ccccn2)cc1. The molecule has 1 heterocycles.